The van der Waals surface area contributed by atoms with E-state index < -0.39 is 9.84 Å². The van der Waals surface area contributed by atoms with Gasteiger partial charge in [-0.3, -0.25) is 4.90 Å². The molecule has 5 heteroatoms. The Bertz CT molecular complexity index is 530. The third-order valence-electron chi connectivity index (χ3n) is 3.57. The Labute approximate surface area is 114 Å². The first-order chi connectivity index (χ1) is 9.02. The van der Waals surface area contributed by atoms with Crippen molar-refractivity contribution in [3.05, 3.63) is 35.6 Å². The summed E-state index contributed by atoms with van der Waals surface area (Å²) in [7, 11) is -2.90. The first-order valence-electron chi connectivity index (χ1n) is 6.69. The quantitative estimate of drug-likeness (QED) is 0.832. The number of sulfone groups is 1. The molecule has 0 aliphatic carbocycles. The normalized spacial score (nSPS) is 21.9. The molecule has 2 rings (SSSR count). The highest BCUT2D eigenvalue weighted by Crippen LogP contribution is 2.21. The maximum Gasteiger partial charge on any atom is 0.151 e. The van der Waals surface area contributed by atoms with Crippen molar-refractivity contribution < 1.29 is 12.8 Å². The van der Waals surface area contributed by atoms with Crippen LogP contribution in [0.1, 0.15) is 25.3 Å². The smallest absolute Gasteiger partial charge is 0.151 e. The van der Waals surface area contributed by atoms with Gasteiger partial charge in [-0.1, -0.05) is 25.1 Å². The Hall–Kier alpha value is -0.940. The maximum absolute atomic E-state index is 13.7. The monoisotopic (exact) mass is 285 g/mol. The fourth-order valence-electron chi connectivity index (χ4n) is 2.59. The zero-order chi connectivity index (χ0) is 13.9. The van der Waals surface area contributed by atoms with Gasteiger partial charge in [-0.2, -0.15) is 0 Å². The molecule has 1 fully saturated rings. The molecule has 106 valence electrons. The second-order valence-corrected chi connectivity index (χ2v) is 7.35. The van der Waals surface area contributed by atoms with Gasteiger partial charge < -0.3 is 0 Å². The van der Waals surface area contributed by atoms with Gasteiger partial charge in [0.2, 0.25) is 0 Å². The van der Waals surface area contributed by atoms with Gasteiger partial charge in [-0.25, -0.2) is 12.8 Å². The largest absolute Gasteiger partial charge is 0.295 e. The molecule has 3 nitrogen and oxygen atoms in total. The van der Waals surface area contributed by atoms with Crippen molar-refractivity contribution in [2.24, 2.45) is 0 Å². The van der Waals surface area contributed by atoms with E-state index >= 15 is 0 Å². The number of rotatable bonds is 5. The summed E-state index contributed by atoms with van der Waals surface area (Å²) in [4.78, 5) is 2.10. The topological polar surface area (TPSA) is 37.4 Å². The summed E-state index contributed by atoms with van der Waals surface area (Å²) in [6, 6.07) is 6.73. The van der Waals surface area contributed by atoms with Crippen molar-refractivity contribution in [3.63, 3.8) is 0 Å². The van der Waals surface area contributed by atoms with Gasteiger partial charge in [0.1, 0.15) is 5.82 Å². The lowest BCUT2D eigenvalue weighted by molar-refractivity contribution is 0.201. The van der Waals surface area contributed by atoms with Gasteiger partial charge >= 0.3 is 0 Å². The minimum absolute atomic E-state index is 0.0320. The molecule has 0 bridgehead atoms. The van der Waals surface area contributed by atoms with Crippen LogP contribution in [-0.2, 0) is 16.4 Å². The van der Waals surface area contributed by atoms with Crippen molar-refractivity contribution in [2.75, 3.05) is 18.1 Å². The molecule has 0 radical (unpaired) electrons. The molecule has 0 N–H and O–H groups in total. The Kier molecular flexibility index (Phi) is 4.58. The van der Waals surface area contributed by atoms with E-state index in [4.69, 9.17) is 0 Å². The van der Waals surface area contributed by atoms with Crippen molar-refractivity contribution in [1.82, 2.24) is 4.90 Å². The molecule has 0 spiro atoms. The van der Waals surface area contributed by atoms with E-state index in [1.54, 1.807) is 12.1 Å². The highest BCUT2D eigenvalue weighted by atomic mass is 32.2. The molecule has 1 aliphatic rings. The van der Waals surface area contributed by atoms with E-state index in [9.17, 15) is 12.8 Å². The van der Waals surface area contributed by atoms with Crippen LogP contribution in [0, 0.1) is 5.82 Å². The predicted molar refractivity (Wildman–Crippen MR) is 74.2 cm³/mol. The third kappa shape index (κ3) is 3.76. The Morgan fingerprint density at radius 2 is 2.11 bits per heavy atom. The molecule has 0 amide bonds. The highest BCUT2D eigenvalue weighted by Gasteiger charge is 2.32. The van der Waals surface area contributed by atoms with Crippen LogP contribution in [0.15, 0.2) is 24.3 Å². The van der Waals surface area contributed by atoms with Crippen LogP contribution in [0.3, 0.4) is 0 Å². The summed E-state index contributed by atoms with van der Waals surface area (Å²) in [6.07, 6.45) is 1.60. The predicted octanol–water partition coefficient (Wildman–Crippen LogP) is 2.22. The Morgan fingerprint density at radius 3 is 2.68 bits per heavy atom. The summed E-state index contributed by atoms with van der Waals surface area (Å²) >= 11 is 0. The summed E-state index contributed by atoms with van der Waals surface area (Å²) in [5.41, 5.74) is 0.639. The summed E-state index contributed by atoms with van der Waals surface area (Å²) in [5, 5.41) is 0. The van der Waals surface area contributed by atoms with E-state index in [0.29, 0.717) is 18.5 Å². The van der Waals surface area contributed by atoms with Crippen molar-refractivity contribution in [3.8, 4) is 0 Å². The Morgan fingerprint density at radius 1 is 1.37 bits per heavy atom. The van der Waals surface area contributed by atoms with Crippen LogP contribution < -0.4 is 0 Å². The number of benzene rings is 1. The lowest BCUT2D eigenvalue weighted by atomic mass is 10.1. The molecular weight excluding hydrogens is 265 g/mol. The SMILES string of the molecule is CCCN(Cc1ccccc1F)C1CCS(=O)(=O)C1. The van der Waals surface area contributed by atoms with Crippen LogP contribution >= 0.6 is 0 Å². The van der Waals surface area contributed by atoms with E-state index in [0.717, 1.165) is 13.0 Å². The molecule has 1 aromatic rings. The van der Waals surface area contributed by atoms with Gasteiger partial charge in [0, 0.05) is 18.2 Å². The van der Waals surface area contributed by atoms with Gasteiger partial charge in [0.05, 0.1) is 11.5 Å². The average Bonchev–Trinajstić information content (AvgIpc) is 2.72. The van der Waals surface area contributed by atoms with Crippen molar-refractivity contribution in [1.29, 1.82) is 0 Å². The summed E-state index contributed by atoms with van der Waals surface area (Å²) in [6.45, 7) is 3.34. The van der Waals surface area contributed by atoms with Gasteiger partial charge in [0.25, 0.3) is 0 Å². The second kappa shape index (κ2) is 6.01. The van der Waals surface area contributed by atoms with Crippen LogP contribution in [-0.4, -0.2) is 37.4 Å². The molecule has 1 atom stereocenters. The summed E-state index contributed by atoms with van der Waals surface area (Å²) in [5.74, 6) is 0.251. The van der Waals surface area contributed by atoms with Crippen LogP contribution in [0.5, 0.6) is 0 Å². The minimum atomic E-state index is -2.90. The van der Waals surface area contributed by atoms with Crippen LogP contribution in [0.2, 0.25) is 0 Å². The maximum atomic E-state index is 13.7. The molecule has 1 aromatic carbocycles. The minimum Gasteiger partial charge on any atom is -0.295 e. The zero-order valence-electron chi connectivity index (χ0n) is 11.2. The molecule has 0 aromatic heterocycles. The van der Waals surface area contributed by atoms with Crippen LogP contribution in [0.4, 0.5) is 4.39 Å². The molecular formula is C14H20FNO2S. The molecule has 1 saturated heterocycles. The van der Waals surface area contributed by atoms with Crippen molar-refractivity contribution >= 4 is 9.84 Å². The van der Waals surface area contributed by atoms with Gasteiger partial charge in [-0.15, -0.1) is 0 Å². The zero-order valence-corrected chi connectivity index (χ0v) is 12.0. The summed E-state index contributed by atoms with van der Waals surface area (Å²) < 4.78 is 36.8. The fourth-order valence-corrected chi connectivity index (χ4v) is 4.35. The van der Waals surface area contributed by atoms with Crippen molar-refractivity contribution in [2.45, 2.75) is 32.4 Å². The van der Waals surface area contributed by atoms with E-state index in [2.05, 4.69) is 11.8 Å². The third-order valence-corrected chi connectivity index (χ3v) is 5.32. The Balaban J connectivity index is 2.11. The highest BCUT2D eigenvalue weighted by molar-refractivity contribution is 7.91. The molecule has 19 heavy (non-hydrogen) atoms. The lowest BCUT2D eigenvalue weighted by Gasteiger charge is -2.27. The number of hydrogen-bond donors (Lipinski definition) is 0. The second-order valence-electron chi connectivity index (χ2n) is 5.12. The molecule has 1 heterocycles. The van der Waals surface area contributed by atoms with Crippen LogP contribution in [0.25, 0.3) is 0 Å². The number of hydrogen-bond acceptors (Lipinski definition) is 3. The molecule has 1 aliphatic heterocycles. The fraction of sp³-hybridized carbons (Fsp3) is 0.571. The van der Waals surface area contributed by atoms with Gasteiger partial charge in [0.15, 0.2) is 9.84 Å². The van der Waals surface area contributed by atoms with E-state index in [1.165, 1.54) is 6.07 Å². The first kappa shape index (κ1) is 14.5. The van der Waals surface area contributed by atoms with E-state index in [-0.39, 0.29) is 23.4 Å². The first-order valence-corrected chi connectivity index (χ1v) is 8.52. The van der Waals surface area contributed by atoms with Gasteiger partial charge in [-0.05, 0) is 25.5 Å². The number of halogens is 1. The average molecular weight is 285 g/mol. The number of nitrogens with zero attached hydrogens (tertiary/aromatic N) is 1. The molecule has 0 saturated carbocycles. The standard InChI is InChI=1S/C14H20FNO2S/c1-2-8-16(13-7-9-19(17,18)11-13)10-12-5-3-4-6-14(12)15/h3-6,13H,2,7-11H2,1H3. The lowest BCUT2D eigenvalue weighted by Crippen LogP contribution is -2.36. The molecule has 1 unspecified atom stereocenters. The van der Waals surface area contributed by atoms with E-state index in [1.807, 2.05) is 6.07 Å².